The highest BCUT2D eigenvalue weighted by atomic mass is 32.2. The molecule has 16 heteroatoms. The number of thioether (sulfide) groups is 2. The van der Waals surface area contributed by atoms with Crippen LogP contribution in [0.25, 0.3) is 0 Å². The third-order valence-corrected chi connectivity index (χ3v) is 13.5. The number of carboxylic acid groups (broad SMARTS) is 1. The first kappa shape index (κ1) is 40.4. The molecule has 4 aliphatic rings. The Morgan fingerprint density at radius 2 is 1.60 bits per heavy atom. The van der Waals surface area contributed by atoms with Gasteiger partial charge in [0.15, 0.2) is 6.04 Å². The molecule has 2 heterocycles. The van der Waals surface area contributed by atoms with Gasteiger partial charge in [-0.05, 0) is 42.6 Å². The van der Waals surface area contributed by atoms with Crippen molar-refractivity contribution in [2.24, 2.45) is 17.8 Å². The van der Waals surface area contributed by atoms with Gasteiger partial charge in [0.2, 0.25) is 23.5 Å². The van der Waals surface area contributed by atoms with Gasteiger partial charge in [0, 0.05) is 24.5 Å². The number of carbonyl (C=O) groups excluding carboxylic acids is 6. The van der Waals surface area contributed by atoms with Gasteiger partial charge in [0.25, 0.3) is 5.91 Å². The average Bonchev–Trinajstić information content (AvgIpc) is 3.72. The van der Waals surface area contributed by atoms with Gasteiger partial charge in [0.1, 0.15) is 12.1 Å². The molecule has 4 fully saturated rings. The van der Waals surface area contributed by atoms with Crippen molar-refractivity contribution in [2.45, 2.75) is 99.9 Å². The van der Waals surface area contributed by atoms with Crippen LogP contribution in [0, 0.1) is 17.8 Å². The monoisotopic (exact) mass is 773 g/mol. The van der Waals surface area contributed by atoms with Crippen LogP contribution in [-0.4, -0.2) is 105 Å². The van der Waals surface area contributed by atoms with Crippen molar-refractivity contribution in [1.82, 2.24) is 26.2 Å². The molecule has 1 spiro atoms. The fourth-order valence-corrected chi connectivity index (χ4v) is 10.4. The number of rotatable bonds is 16. The molecule has 2 aliphatic carbocycles. The Bertz CT molecular complexity index is 1510. The van der Waals surface area contributed by atoms with Crippen molar-refractivity contribution in [1.29, 1.82) is 0 Å². The van der Waals surface area contributed by atoms with E-state index < -0.39 is 70.4 Å². The lowest BCUT2D eigenvalue weighted by atomic mass is 9.83. The maximum atomic E-state index is 14.5. The molecule has 290 valence electrons. The van der Waals surface area contributed by atoms with E-state index in [1.54, 1.807) is 58.8 Å². The van der Waals surface area contributed by atoms with Gasteiger partial charge in [-0.15, -0.1) is 23.5 Å². The zero-order chi connectivity index (χ0) is 38.1. The number of alkyl carbamates (subject to hydrolysis) is 1. The van der Waals surface area contributed by atoms with E-state index in [1.165, 1.54) is 0 Å². The Hall–Kier alpha value is -3.79. The molecule has 0 aromatic heterocycles. The van der Waals surface area contributed by atoms with Gasteiger partial charge in [-0.1, -0.05) is 76.3 Å². The maximum Gasteiger partial charge on any atom is 0.407 e. The number of ketones is 1. The van der Waals surface area contributed by atoms with E-state index in [0.29, 0.717) is 18.5 Å². The molecule has 0 radical (unpaired) electrons. The molecule has 5 rings (SSSR count). The van der Waals surface area contributed by atoms with Crippen LogP contribution in [0.4, 0.5) is 4.79 Å². The largest absolute Gasteiger partial charge is 0.479 e. The van der Waals surface area contributed by atoms with Gasteiger partial charge in [-0.25, -0.2) is 9.59 Å². The second kappa shape index (κ2) is 18.5. The van der Waals surface area contributed by atoms with Crippen molar-refractivity contribution in [3.05, 3.63) is 35.9 Å². The summed E-state index contributed by atoms with van der Waals surface area (Å²) in [5.41, 5.74) is 0.338. The van der Waals surface area contributed by atoms with E-state index in [0.717, 1.165) is 56.5 Å². The van der Waals surface area contributed by atoms with E-state index in [9.17, 15) is 38.7 Å². The summed E-state index contributed by atoms with van der Waals surface area (Å²) in [5, 5.41) is 19.9. The van der Waals surface area contributed by atoms with Crippen molar-refractivity contribution in [3.8, 4) is 0 Å². The second-order valence-electron chi connectivity index (χ2n) is 14.8. The summed E-state index contributed by atoms with van der Waals surface area (Å²) in [6, 6.07) is 3.72. The minimum atomic E-state index is -1.35. The van der Waals surface area contributed by atoms with E-state index >= 15 is 0 Å². The van der Waals surface area contributed by atoms with Gasteiger partial charge in [-0.2, -0.15) is 0 Å². The number of carbonyl (C=O) groups is 7. The first-order chi connectivity index (χ1) is 25.4. The van der Waals surface area contributed by atoms with Crippen LogP contribution in [0.1, 0.15) is 83.2 Å². The Kier molecular flexibility index (Phi) is 14.1. The molecule has 5 amide bonds. The summed E-state index contributed by atoms with van der Waals surface area (Å²) in [7, 11) is 0. The first-order valence-electron chi connectivity index (χ1n) is 18.6. The molecule has 2 saturated carbocycles. The molecule has 1 unspecified atom stereocenters. The fourth-order valence-electron chi connectivity index (χ4n) is 7.19. The number of carboxylic acids is 1. The zero-order valence-corrected chi connectivity index (χ0v) is 31.9. The summed E-state index contributed by atoms with van der Waals surface area (Å²) in [6.45, 7) is 3.69. The molecule has 0 bridgehead atoms. The number of hydrogen-bond donors (Lipinski definition) is 5. The standard InChI is InChI=1S/C37H51N5O9S2/c1-22(2)20-51-36(50)41-29(24-9-5-3-6-10-24)34(47)42-21-37(52-15-16-53-37)18-27(42)32(45)39-26(17-23-13-14-23)31(44)33(46)38-19-28(43)40-30(35(48)49)25-11-7-4-8-12-25/h4,7-8,11-12,22-24,26-27,29-30H,3,5-6,9-10,13-21H2,1-2H3,(H,38,46)(H,39,45)(H,40,43)(H,41,50)(H,48,49)/t26?,27-,29-,30-/m0/s1. The number of nitrogens with zero attached hydrogens (tertiary/aromatic N) is 1. The van der Waals surface area contributed by atoms with Crippen LogP contribution in [0.5, 0.6) is 0 Å². The molecule has 2 aliphatic heterocycles. The third-order valence-electron chi connectivity index (χ3n) is 10.1. The first-order valence-corrected chi connectivity index (χ1v) is 20.5. The number of hydrogen-bond acceptors (Lipinski definition) is 10. The summed E-state index contributed by atoms with van der Waals surface area (Å²) >= 11 is 3.41. The lowest BCUT2D eigenvalue weighted by Crippen LogP contribution is -2.58. The van der Waals surface area contributed by atoms with Gasteiger partial charge >= 0.3 is 12.1 Å². The average molecular weight is 774 g/mol. The van der Waals surface area contributed by atoms with E-state index in [-0.39, 0.29) is 36.7 Å². The maximum absolute atomic E-state index is 14.5. The predicted molar refractivity (Wildman–Crippen MR) is 200 cm³/mol. The van der Waals surface area contributed by atoms with Gasteiger partial charge < -0.3 is 36.0 Å². The second-order valence-corrected chi connectivity index (χ2v) is 18.1. The van der Waals surface area contributed by atoms with Crippen LogP contribution in [0.15, 0.2) is 30.3 Å². The highest BCUT2D eigenvalue weighted by molar-refractivity contribution is 8.21. The fraction of sp³-hybridized carbons (Fsp3) is 0.649. The number of amides is 5. The number of Topliss-reactive ketones (excluding diaryl/α,β-unsaturated/α-hetero) is 1. The van der Waals surface area contributed by atoms with Crippen molar-refractivity contribution < 1.29 is 43.4 Å². The predicted octanol–water partition coefficient (Wildman–Crippen LogP) is 3.01. The van der Waals surface area contributed by atoms with Crippen LogP contribution in [0.3, 0.4) is 0 Å². The van der Waals surface area contributed by atoms with Crippen LogP contribution in [0.2, 0.25) is 0 Å². The molecule has 1 aromatic carbocycles. The van der Waals surface area contributed by atoms with E-state index in [4.69, 9.17) is 4.74 Å². The van der Waals surface area contributed by atoms with Crippen molar-refractivity contribution in [2.75, 3.05) is 31.2 Å². The number of nitrogens with one attached hydrogen (secondary N) is 4. The lowest BCUT2D eigenvalue weighted by molar-refractivity contribution is -0.144. The number of ether oxygens (including phenoxy) is 1. The Labute approximate surface area is 318 Å². The zero-order valence-electron chi connectivity index (χ0n) is 30.3. The van der Waals surface area contributed by atoms with Gasteiger partial charge in [-0.3, -0.25) is 24.0 Å². The third kappa shape index (κ3) is 11.1. The molecule has 5 N–H and O–H groups in total. The van der Waals surface area contributed by atoms with Crippen LogP contribution in [-0.2, 0) is 33.5 Å². The topological polar surface area (TPSA) is 200 Å². The van der Waals surface area contributed by atoms with Crippen molar-refractivity contribution >= 4 is 65.0 Å². The Balaban J connectivity index is 1.27. The molecule has 4 atom stereocenters. The normalized spacial score (nSPS) is 21.3. The minimum Gasteiger partial charge on any atom is -0.479 e. The van der Waals surface area contributed by atoms with Crippen LogP contribution >= 0.6 is 23.5 Å². The van der Waals surface area contributed by atoms with Gasteiger partial charge in [0.05, 0.1) is 23.3 Å². The Morgan fingerprint density at radius 1 is 0.925 bits per heavy atom. The number of benzene rings is 1. The molecule has 53 heavy (non-hydrogen) atoms. The van der Waals surface area contributed by atoms with Crippen LogP contribution < -0.4 is 21.3 Å². The summed E-state index contributed by atoms with van der Waals surface area (Å²) in [4.78, 5) is 94.2. The summed E-state index contributed by atoms with van der Waals surface area (Å²) in [5.74, 6) is -3.16. The minimum absolute atomic E-state index is 0.113. The SMILES string of the molecule is CC(C)COC(=O)N[C@H](C(=O)N1CC2(C[C@H]1C(=O)NC(CC1CC1)C(=O)C(=O)NCC(=O)N[C@H](C(=O)O)c1ccccc1)SCCS2)C1CCCCC1. The number of aliphatic carboxylic acids is 1. The molecular weight excluding hydrogens is 723 g/mol. The highest BCUT2D eigenvalue weighted by Gasteiger charge is 2.53. The summed E-state index contributed by atoms with van der Waals surface area (Å²) < 4.78 is 4.98. The van der Waals surface area contributed by atoms with Crippen molar-refractivity contribution in [3.63, 3.8) is 0 Å². The number of likely N-dealkylation sites (tertiary alicyclic amines) is 1. The Morgan fingerprint density at radius 3 is 2.23 bits per heavy atom. The molecule has 2 saturated heterocycles. The van der Waals surface area contributed by atoms with E-state index in [1.807, 2.05) is 13.8 Å². The van der Waals surface area contributed by atoms with E-state index in [2.05, 4.69) is 21.3 Å². The molecule has 14 nitrogen and oxygen atoms in total. The molecule has 1 aromatic rings. The lowest BCUT2D eigenvalue weighted by Gasteiger charge is -2.34. The smallest absolute Gasteiger partial charge is 0.407 e. The highest BCUT2D eigenvalue weighted by Crippen LogP contribution is 2.52. The molecular formula is C37H51N5O9S2. The summed E-state index contributed by atoms with van der Waals surface area (Å²) in [6.07, 6.45) is 6.00. The quantitative estimate of drug-likeness (QED) is 0.155.